The van der Waals surface area contributed by atoms with Crippen LogP contribution in [0.1, 0.15) is 17.2 Å². The van der Waals surface area contributed by atoms with Gasteiger partial charge in [0.1, 0.15) is 17.5 Å². The van der Waals surface area contributed by atoms with Crippen LogP contribution in [0.15, 0.2) is 40.9 Å². The molecule has 1 atom stereocenters. The first-order valence-corrected chi connectivity index (χ1v) is 6.86. The van der Waals surface area contributed by atoms with Crippen LogP contribution in [0.5, 0.6) is 0 Å². The van der Waals surface area contributed by atoms with Crippen molar-refractivity contribution in [2.24, 2.45) is 0 Å². The number of nitrogens with one attached hydrogen (secondary N) is 1. The average molecular weight is 344 g/mol. The highest BCUT2D eigenvalue weighted by molar-refractivity contribution is 9.10. The summed E-state index contributed by atoms with van der Waals surface area (Å²) in [6, 6.07) is 7.73. The molecule has 20 heavy (non-hydrogen) atoms. The molecule has 2 aromatic rings. The Labute approximate surface area is 123 Å². The van der Waals surface area contributed by atoms with E-state index in [1.807, 2.05) is 0 Å². The Hall–Kier alpha value is -1.33. The van der Waals surface area contributed by atoms with Crippen molar-refractivity contribution in [1.29, 1.82) is 0 Å². The summed E-state index contributed by atoms with van der Waals surface area (Å²) >= 11 is 3.12. The van der Waals surface area contributed by atoms with Crippen LogP contribution in [0.4, 0.5) is 13.2 Å². The minimum atomic E-state index is -0.475. The van der Waals surface area contributed by atoms with E-state index >= 15 is 0 Å². The topological polar surface area (TPSA) is 12.0 Å². The van der Waals surface area contributed by atoms with Crippen LogP contribution in [-0.2, 0) is 6.42 Å². The molecule has 0 fully saturated rings. The highest BCUT2D eigenvalue weighted by atomic mass is 79.9. The zero-order valence-electron chi connectivity index (χ0n) is 10.8. The fourth-order valence-corrected chi connectivity index (χ4v) is 2.43. The van der Waals surface area contributed by atoms with Gasteiger partial charge < -0.3 is 5.32 Å². The normalized spacial score (nSPS) is 12.4. The third-order valence-corrected chi connectivity index (χ3v) is 3.73. The lowest BCUT2D eigenvalue weighted by molar-refractivity contribution is 0.542. The number of rotatable bonds is 4. The molecule has 0 aliphatic rings. The van der Waals surface area contributed by atoms with Gasteiger partial charge in [-0.15, -0.1) is 0 Å². The highest BCUT2D eigenvalue weighted by Gasteiger charge is 2.15. The van der Waals surface area contributed by atoms with Crippen LogP contribution in [-0.4, -0.2) is 7.05 Å². The van der Waals surface area contributed by atoms with Crippen molar-refractivity contribution in [1.82, 2.24) is 5.32 Å². The van der Waals surface area contributed by atoms with Gasteiger partial charge in [0.25, 0.3) is 0 Å². The van der Waals surface area contributed by atoms with E-state index in [1.54, 1.807) is 19.2 Å². The van der Waals surface area contributed by atoms with Crippen molar-refractivity contribution in [3.8, 4) is 0 Å². The molecular formula is C15H13BrF3N. The largest absolute Gasteiger partial charge is 0.313 e. The molecule has 0 saturated carbocycles. The molecule has 0 aromatic heterocycles. The first-order chi connectivity index (χ1) is 9.51. The summed E-state index contributed by atoms with van der Waals surface area (Å²) in [5.41, 5.74) is 1.08. The van der Waals surface area contributed by atoms with E-state index in [4.69, 9.17) is 0 Å². The Bertz CT molecular complexity index is 616. The van der Waals surface area contributed by atoms with E-state index in [9.17, 15) is 13.2 Å². The Balaban J connectivity index is 2.28. The summed E-state index contributed by atoms with van der Waals surface area (Å²) < 4.78 is 40.4. The molecule has 0 aliphatic heterocycles. The van der Waals surface area contributed by atoms with Gasteiger partial charge in [-0.25, -0.2) is 13.2 Å². The smallest absolute Gasteiger partial charge is 0.137 e. The fourth-order valence-electron chi connectivity index (χ4n) is 2.04. The minimum Gasteiger partial charge on any atom is -0.313 e. The van der Waals surface area contributed by atoms with E-state index in [2.05, 4.69) is 21.2 Å². The minimum absolute atomic E-state index is 0.233. The van der Waals surface area contributed by atoms with E-state index in [0.29, 0.717) is 4.47 Å². The Kier molecular flexibility index (Phi) is 4.83. The lowest BCUT2D eigenvalue weighted by Crippen LogP contribution is -2.19. The van der Waals surface area contributed by atoms with Gasteiger partial charge in [-0.05, 0) is 70.9 Å². The van der Waals surface area contributed by atoms with Gasteiger partial charge in [0.15, 0.2) is 0 Å². The van der Waals surface area contributed by atoms with Crippen LogP contribution in [0.25, 0.3) is 0 Å². The number of hydrogen-bond donors (Lipinski definition) is 1. The van der Waals surface area contributed by atoms with Crippen LogP contribution in [0.3, 0.4) is 0 Å². The lowest BCUT2D eigenvalue weighted by Gasteiger charge is -2.17. The van der Waals surface area contributed by atoms with Crippen LogP contribution in [0.2, 0.25) is 0 Å². The number of benzene rings is 2. The van der Waals surface area contributed by atoms with Crippen molar-refractivity contribution >= 4 is 15.9 Å². The monoisotopic (exact) mass is 343 g/mol. The summed E-state index contributed by atoms with van der Waals surface area (Å²) in [4.78, 5) is 0. The molecule has 0 heterocycles. The number of hydrogen-bond acceptors (Lipinski definition) is 1. The van der Waals surface area contributed by atoms with Gasteiger partial charge in [-0.2, -0.15) is 0 Å². The Morgan fingerprint density at radius 1 is 1.05 bits per heavy atom. The maximum atomic E-state index is 13.7. The Morgan fingerprint density at radius 3 is 2.40 bits per heavy atom. The average Bonchev–Trinajstić information content (AvgIpc) is 2.43. The second-order valence-corrected chi connectivity index (χ2v) is 5.31. The van der Waals surface area contributed by atoms with E-state index < -0.39 is 11.6 Å². The first kappa shape index (κ1) is 15.1. The number of likely N-dealkylation sites (N-methyl/N-ethyl adjacent to an activating group) is 1. The first-order valence-electron chi connectivity index (χ1n) is 6.07. The molecule has 106 valence electrons. The van der Waals surface area contributed by atoms with Gasteiger partial charge in [0.2, 0.25) is 0 Å². The summed E-state index contributed by atoms with van der Waals surface area (Å²) in [6.45, 7) is 0. The molecule has 5 heteroatoms. The summed E-state index contributed by atoms with van der Waals surface area (Å²) in [7, 11) is 1.72. The van der Waals surface area contributed by atoms with E-state index in [-0.39, 0.29) is 23.8 Å². The lowest BCUT2D eigenvalue weighted by atomic mass is 9.98. The molecule has 0 saturated heterocycles. The predicted octanol–water partition coefficient (Wildman–Crippen LogP) is 4.37. The van der Waals surface area contributed by atoms with E-state index in [0.717, 1.165) is 17.7 Å². The molecule has 0 aliphatic carbocycles. The Morgan fingerprint density at radius 2 is 1.75 bits per heavy atom. The number of halogens is 4. The maximum Gasteiger partial charge on any atom is 0.137 e. The highest BCUT2D eigenvalue weighted by Crippen LogP contribution is 2.25. The van der Waals surface area contributed by atoms with Crippen molar-refractivity contribution < 1.29 is 13.2 Å². The van der Waals surface area contributed by atoms with Gasteiger partial charge in [-0.1, -0.05) is 6.07 Å². The zero-order valence-corrected chi connectivity index (χ0v) is 12.3. The molecule has 1 nitrogen and oxygen atoms in total. The SMILES string of the molecule is CNC(Cc1cc(F)ccc1F)c1ccc(F)c(Br)c1. The third-order valence-electron chi connectivity index (χ3n) is 3.13. The quantitative estimate of drug-likeness (QED) is 0.869. The molecule has 2 aromatic carbocycles. The summed E-state index contributed by atoms with van der Waals surface area (Å²) in [5.74, 6) is -1.29. The third kappa shape index (κ3) is 3.41. The molecular weight excluding hydrogens is 331 g/mol. The summed E-state index contributed by atoms with van der Waals surface area (Å²) in [6.07, 6.45) is 0.276. The molecule has 1 unspecified atom stereocenters. The van der Waals surface area contributed by atoms with Gasteiger partial charge >= 0.3 is 0 Å². The van der Waals surface area contributed by atoms with Crippen LogP contribution >= 0.6 is 15.9 Å². The van der Waals surface area contributed by atoms with Crippen molar-refractivity contribution in [3.05, 3.63) is 69.4 Å². The molecule has 0 radical (unpaired) electrons. The van der Waals surface area contributed by atoms with Crippen molar-refractivity contribution in [3.63, 3.8) is 0 Å². The standard InChI is InChI=1S/C15H13BrF3N/c1-20-15(9-2-4-14(19)12(16)7-9)8-10-6-11(17)3-5-13(10)18/h2-7,15,20H,8H2,1H3. The second kappa shape index (κ2) is 6.41. The second-order valence-electron chi connectivity index (χ2n) is 4.45. The molecule has 0 amide bonds. The van der Waals surface area contributed by atoms with Gasteiger partial charge in [-0.3, -0.25) is 0 Å². The van der Waals surface area contributed by atoms with Gasteiger partial charge in [0.05, 0.1) is 4.47 Å². The van der Waals surface area contributed by atoms with Crippen molar-refractivity contribution in [2.75, 3.05) is 7.05 Å². The van der Waals surface area contributed by atoms with E-state index in [1.165, 1.54) is 12.1 Å². The predicted molar refractivity (Wildman–Crippen MR) is 76.0 cm³/mol. The van der Waals surface area contributed by atoms with Crippen LogP contribution < -0.4 is 5.32 Å². The maximum absolute atomic E-state index is 13.7. The van der Waals surface area contributed by atoms with Crippen LogP contribution in [0, 0.1) is 17.5 Å². The fraction of sp³-hybridized carbons (Fsp3) is 0.200. The van der Waals surface area contributed by atoms with Gasteiger partial charge in [0, 0.05) is 6.04 Å². The molecule has 0 spiro atoms. The summed E-state index contributed by atoms with van der Waals surface area (Å²) in [5, 5.41) is 3.03. The molecule has 1 N–H and O–H groups in total. The molecule has 0 bridgehead atoms. The molecule has 2 rings (SSSR count). The van der Waals surface area contributed by atoms with Crippen molar-refractivity contribution in [2.45, 2.75) is 12.5 Å². The zero-order chi connectivity index (χ0) is 14.7.